The number of nitrogens with one attached hydrogen (secondary N) is 1. The molecule has 100 valence electrons. The Morgan fingerprint density at radius 3 is 1.89 bits per heavy atom. The number of hydrogen-bond donors (Lipinski definition) is 1. The Kier molecular flexibility index (Phi) is 4.39. The van der Waals surface area contributed by atoms with Gasteiger partial charge in [-0.15, -0.1) is 0 Å². The van der Waals surface area contributed by atoms with Crippen molar-refractivity contribution in [1.82, 2.24) is 5.32 Å². The lowest BCUT2D eigenvalue weighted by atomic mass is 9.94. The highest BCUT2D eigenvalue weighted by Gasteiger charge is 2.05. The van der Waals surface area contributed by atoms with Crippen LogP contribution < -0.4 is 5.32 Å². The van der Waals surface area contributed by atoms with E-state index in [1.165, 1.54) is 33.4 Å². The molecule has 0 aliphatic heterocycles. The summed E-state index contributed by atoms with van der Waals surface area (Å²) >= 11 is 0. The van der Waals surface area contributed by atoms with Crippen molar-refractivity contribution in [1.29, 1.82) is 0 Å². The molecule has 0 fully saturated rings. The molecule has 1 heteroatoms. The van der Waals surface area contributed by atoms with Crippen LogP contribution in [0, 0.1) is 20.8 Å². The third-order valence-electron chi connectivity index (χ3n) is 3.63. The Labute approximate surface area is 116 Å². The molecule has 0 spiro atoms. The molecule has 2 aromatic carbocycles. The summed E-state index contributed by atoms with van der Waals surface area (Å²) in [5.74, 6) is 0. The molecule has 0 unspecified atom stereocenters. The molecule has 1 nitrogen and oxygen atoms in total. The fraction of sp³-hybridized carbons (Fsp3) is 0.333. The van der Waals surface area contributed by atoms with E-state index in [9.17, 15) is 0 Å². The largest absolute Gasteiger partial charge is 0.316 e. The lowest BCUT2D eigenvalue weighted by molar-refractivity contribution is 0.817. The molecular weight excluding hydrogens is 230 g/mol. The molecule has 0 atom stereocenters. The van der Waals surface area contributed by atoms with Gasteiger partial charge in [-0.2, -0.15) is 0 Å². The van der Waals surface area contributed by atoms with Crippen molar-refractivity contribution < 1.29 is 0 Å². The van der Waals surface area contributed by atoms with Crippen LogP contribution in [0.3, 0.4) is 0 Å². The van der Waals surface area contributed by atoms with Crippen molar-refractivity contribution in [3.63, 3.8) is 0 Å². The molecule has 0 radical (unpaired) electrons. The molecule has 0 saturated heterocycles. The fourth-order valence-electron chi connectivity index (χ4n) is 2.67. The van der Waals surface area contributed by atoms with E-state index in [0.29, 0.717) is 0 Å². The van der Waals surface area contributed by atoms with Gasteiger partial charge in [0, 0.05) is 6.54 Å². The first-order valence-electron chi connectivity index (χ1n) is 6.89. The van der Waals surface area contributed by atoms with Gasteiger partial charge in [-0.05, 0) is 62.1 Å². The second-order valence-electron chi connectivity index (χ2n) is 5.40. The highest BCUT2D eigenvalue weighted by Crippen LogP contribution is 2.20. The first kappa shape index (κ1) is 13.8. The fourth-order valence-corrected chi connectivity index (χ4v) is 2.67. The monoisotopic (exact) mass is 253 g/mol. The number of aryl methyl sites for hydroxylation is 3. The summed E-state index contributed by atoms with van der Waals surface area (Å²) in [6.07, 6.45) is 1.03. The average molecular weight is 253 g/mol. The van der Waals surface area contributed by atoms with Gasteiger partial charge in [0.05, 0.1) is 0 Å². The lowest BCUT2D eigenvalue weighted by Crippen LogP contribution is -2.05. The third kappa shape index (κ3) is 3.45. The van der Waals surface area contributed by atoms with Crippen LogP contribution in [0.2, 0.25) is 0 Å². The van der Waals surface area contributed by atoms with Gasteiger partial charge in [-0.1, -0.05) is 42.0 Å². The van der Waals surface area contributed by atoms with Gasteiger partial charge in [0.15, 0.2) is 0 Å². The first-order valence-corrected chi connectivity index (χ1v) is 6.89. The summed E-state index contributed by atoms with van der Waals surface area (Å²) in [5.41, 5.74) is 8.34. The van der Waals surface area contributed by atoms with Gasteiger partial charge in [-0.25, -0.2) is 0 Å². The van der Waals surface area contributed by atoms with Crippen molar-refractivity contribution in [2.45, 2.75) is 33.7 Å². The first-order chi connectivity index (χ1) is 9.10. The van der Waals surface area contributed by atoms with Crippen molar-refractivity contribution in [2.24, 2.45) is 0 Å². The number of rotatable bonds is 4. The normalized spacial score (nSPS) is 10.7. The van der Waals surface area contributed by atoms with Gasteiger partial charge in [0.2, 0.25) is 0 Å². The SMILES string of the molecule is CNCc1ccc(Cc2c(C)cc(C)cc2C)cc1. The summed E-state index contributed by atoms with van der Waals surface area (Å²) < 4.78 is 0. The van der Waals surface area contributed by atoms with Crippen LogP contribution in [0.25, 0.3) is 0 Å². The zero-order valence-corrected chi connectivity index (χ0v) is 12.4. The van der Waals surface area contributed by atoms with E-state index in [0.717, 1.165) is 13.0 Å². The molecule has 0 aliphatic carbocycles. The van der Waals surface area contributed by atoms with Gasteiger partial charge >= 0.3 is 0 Å². The van der Waals surface area contributed by atoms with Crippen molar-refractivity contribution in [2.75, 3.05) is 7.05 Å². The molecule has 0 aliphatic rings. The summed E-state index contributed by atoms with van der Waals surface area (Å²) in [6.45, 7) is 7.52. The Balaban J connectivity index is 2.21. The minimum absolute atomic E-state index is 0.933. The summed E-state index contributed by atoms with van der Waals surface area (Å²) in [6, 6.07) is 13.5. The Morgan fingerprint density at radius 1 is 0.842 bits per heavy atom. The van der Waals surface area contributed by atoms with Gasteiger partial charge in [0.1, 0.15) is 0 Å². The van der Waals surface area contributed by atoms with Gasteiger partial charge in [0.25, 0.3) is 0 Å². The van der Waals surface area contributed by atoms with Gasteiger partial charge < -0.3 is 5.32 Å². The highest BCUT2D eigenvalue weighted by atomic mass is 14.8. The van der Waals surface area contributed by atoms with E-state index in [4.69, 9.17) is 0 Å². The molecule has 0 heterocycles. The van der Waals surface area contributed by atoms with E-state index in [-0.39, 0.29) is 0 Å². The zero-order valence-electron chi connectivity index (χ0n) is 12.4. The van der Waals surface area contributed by atoms with E-state index < -0.39 is 0 Å². The smallest absolute Gasteiger partial charge is 0.0202 e. The Bertz CT molecular complexity index is 529. The van der Waals surface area contributed by atoms with Crippen molar-refractivity contribution in [3.8, 4) is 0 Å². The summed E-state index contributed by atoms with van der Waals surface area (Å²) in [7, 11) is 1.98. The van der Waals surface area contributed by atoms with E-state index in [2.05, 4.69) is 62.5 Å². The van der Waals surface area contributed by atoms with Crippen molar-refractivity contribution >= 4 is 0 Å². The molecule has 2 aromatic rings. The van der Waals surface area contributed by atoms with Crippen LogP contribution in [0.5, 0.6) is 0 Å². The highest BCUT2D eigenvalue weighted by molar-refractivity contribution is 5.41. The average Bonchev–Trinajstić information content (AvgIpc) is 2.36. The second-order valence-corrected chi connectivity index (χ2v) is 5.40. The molecular formula is C18H23N. The van der Waals surface area contributed by atoms with Crippen LogP contribution in [0.4, 0.5) is 0 Å². The van der Waals surface area contributed by atoms with Crippen molar-refractivity contribution in [3.05, 3.63) is 69.8 Å². The van der Waals surface area contributed by atoms with Gasteiger partial charge in [-0.3, -0.25) is 0 Å². The predicted molar refractivity (Wildman–Crippen MR) is 82.7 cm³/mol. The lowest BCUT2D eigenvalue weighted by Gasteiger charge is -2.12. The predicted octanol–water partition coefficient (Wildman–Crippen LogP) is 3.92. The van der Waals surface area contributed by atoms with Crippen LogP contribution >= 0.6 is 0 Å². The van der Waals surface area contributed by atoms with Crippen LogP contribution in [-0.2, 0) is 13.0 Å². The Hall–Kier alpha value is -1.60. The zero-order chi connectivity index (χ0) is 13.8. The molecule has 0 saturated carbocycles. The second kappa shape index (κ2) is 6.03. The van der Waals surface area contributed by atoms with E-state index in [1.807, 2.05) is 7.05 Å². The topological polar surface area (TPSA) is 12.0 Å². The number of hydrogen-bond acceptors (Lipinski definition) is 1. The quantitative estimate of drug-likeness (QED) is 0.870. The standard InChI is InChI=1S/C18H23N/c1-13-9-14(2)18(15(3)10-13)11-16-5-7-17(8-6-16)12-19-4/h5-10,19H,11-12H2,1-4H3. The molecule has 2 rings (SSSR count). The molecule has 0 bridgehead atoms. The maximum atomic E-state index is 3.18. The van der Waals surface area contributed by atoms with Crippen LogP contribution in [0.15, 0.2) is 36.4 Å². The third-order valence-corrected chi connectivity index (χ3v) is 3.63. The molecule has 0 aromatic heterocycles. The van der Waals surface area contributed by atoms with E-state index in [1.54, 1.807) is 0 Å². The van der Waals surface area contributed by atoms with Crippen LogP contribution in [-0.4, -0.2) is 7.05 Å². The number of benzene rings is 2. The minimum Gasteiger partial charge on any atom is -0.316 e. The summed E-state index contributed by atoms with van der Waals surface area (Å²) in [4.78, 5) is 0. The summed E-state index contributed by atoms with van der Waals surface area (Å²) in [5, 5.41) is 3.18. The minimum atomic E-state index is 0.933. The maximum absolute atomic E-state index is 3.18. The van der Waals surface area contributed by atoms with Crippen LogP contribution in [0.1, 0.15) is 33.4 Å². The maximum Gasteiger partial charge on any atom is 0.0202 e. The molecule has 1 N–H and O–H groups in total. The molecule has 0 amide bonds. The molecule has 19 heavy (non-hydrogen) atoms. The Morgan fingerprint density at radius 2 is 1.37 bits per heavy atom. The van der Waals surface area contributed by atoms with E-state index >= 15 is 0 Å².